The highest BCUT2D eigenvalue weighted by molar-refractivity contribution is 5.79. The molecule has 0 radical (unpaired) electrons. The van der Waals surface area contributed by atoms with E-state index in [-0.39, 0.29) is 0 Å². The van der Waals surface area contributed by atoms with Crippen LogP contribution in [0, 0.1) is 11.8 Å². The van der Waals surface area contributed by atoms with Gasteiger partial charge in [0, 0.05) is 22.6 Å². The Hall–Kier alpha value is -4.31. The first kappa shape index (κ1) is 35.5. The van der Waals surface area contributed by atoms with Crippen LogP contribution in [0.2, 0.25) is 0 Å². The molecule has 0 aromatic heterocycles. The van der Waals surface area contributed by atoms with Gasteiger partial charge in [0.2, 0.25) is 0 Å². The molecule has 0 saturated heterocycles. The number of aldehydes is 1. The zero-order chi connectivity index (χ0) is 33.3. The molecule has 0 spiro atoms. The Balaban J connectivity index is 1.54. The lowest BCUT2D eigenvalue weighted by Gasteiger charge is -2.26. The van der Waals surface area contributed by atoms with Gasteiger partial charge in [0.1, 0.15) is 17.8 Å². The molecule has 4 nitrogen and oxygen atoms in total. The second kappa shape index (κ2) is 19.4. The Kier molecular flexibility index (Phi) is 14.7. The summed E-state index contributed by atoms with van der Waals surface area (Å²) in [4.78, 5) is 13.3. The third-order valence-electron chi connectivity index (χ3n) is 8.94. The number of anilines is 3. The minimum atomic E-state index is 0.592. The van der Waals surface area contributed by atoms with Gasteiger partial charge in [0.15, 0.2) is 0 Å². The summed E-state index contributed by atoms with van der Waals surface area (Å²) in [5, 5.41) is 0. The summed E-state index contributed by atoms with van der Waals surface area (Å²) in [7, 11) is 0. The van der Waals surface area contributed by atoms with E-state index in [9.17, 15) is 4.79 Å². The zero-order valence-corrected chi connectivity index (χ0v) is 28.9. The molecule has 0 N–H and O–H groups in total. The van der Waals surface area contributed by atoms with Crippen LogP contribution < -0.4 is 14.4 Å². The maximum atomic E-state index is 11.0. The first-order valence-electron chi connectivity index (χ1n) is 17.7. The minimum absolute atomic E-state index is 0.592. The van der Waals surface area contributed by atoms with E-state index in [0.29, 0.717) is 17.4 Å². The third-order valence-corrected chi connectivity index (χ3v) is 8.94. The number of benzene rings is 4. The van der Waals surface area contributed by atoms with E-state index in [1.807, 2.05) is 24.3 Å². The highest BCUT2D eigenvalue weighted by Crippen LogP contribution is 2.36. The van der Waals surface area contributed by atoms with Crippen molar-refractivity contribution in [1.29, 1.82) is 0 Å². The molecule has 4 aromatic carbocycles. The van der Waals surface area contributed by atoms with Crippen LogP contribution in [0.25, 0.3) is 12.2 Å². The van der Waals surface area contributed by atoms with Crippen LogP contribution in [-0.2, 0) is 0 Å². The summed E-state index contributed by atoms with van der Waals surface area (Å²) >= 11 is 0. The summed E-state index contributed by atoms with van der Waals surface area (Å²) in [5.41, 5.74) is 6.03. The van der Waals surface area contributed by atoms with E-state index < -0.39 is 0 Å². The second-order valence-electron chi connectivity index (χ2n) is 12.5. The lowest BCUT2D eigenvalue weighted by Crippen LogP contribution is -2.12. The van der Waals surface area contributed by atoms with Gasteiger partial charge in [0.25, 0.3) is 0 Å². The summed E-state index contributed by atoms with van der Waals surface area (Å²) in [6, 6.07) is 33.1. The molecule has 0 aliphatic carbocycles. The zero-order valence-electron chi connectivity index (χ0n) is 28.9. The highest BCUT2D eigenvalue weighted by Gasteiger charge is 2.14. The Bertz CT molecular complexity index is 1410. The van der Waals surface area contributed by atoms with Crippen molar-refractivity contribution in [2.45, 2.75) is 79.1 Å². The summed E-state index contributed by atoms with van der Waals surface area (Å²) in [5.74, 6) is 2.99. The molecule has 0 bridgehead atoms. The predicted molar refractivity (Wildman–Crippen MR) is 199 cm³/mol. The van der Waals surface area contributed by atoms with Gasteiger partial charge >= 0.3 is 0 Å². The smallest absolute Gasteiger partial charge is 0.150 e. The number of rotatable bonds is 20. The first-order chi connectivity index (χ1) is 23.1. The lowest BCUT2D eigenvalue weighted by atomic mass is 10.0. The maximum absolute atomic E-state index is 11.0. The Morgan fingerprint density at radius 1 is 0.532 bits per heavy atom. The third kappa shape index (κ3) is 11.2. The van der Waals surface area contributed by atoms with Crippen molar-refractivity contribution in [1.82, 2.24) is 0 Å². The van der Waals surface area contributed by atoms with Gasteiger partial charge in [0.05, 0.1) is 13.2 Å². The molecule has 0 aliphatic rings. The topological polar surface area (TPSA) is 38.8 Å². The molecule has 0 amide bonds. The standard InChI is InChI=1S/C43H53NO3/c1-5-9-11-34(7-3)32-46-42-27-23-40(24-28-42)44(41-25-29-43(30-26-41)47-33-35(8-4)12-10-6-2)39-21-19-37(20-22-39)14-13-36-15-17-38(31-45)18-16-36/h13-31,34-35H,5-12,32-33H2,1-4H3. The van der Waals surface area contributed by atoms with Crippen molar-refractivity contribution >= 4 is 35.5 Å². The highest BCUT2D eigenvalue weighted by atomic mass is 16.5. The van der Waals surface area contributed by atoms with E-state index in [2.05, 4.69) is 118 Å². The van der Waals surface area contributed by atoms with Crippen molar-refractivity contribution in [3.05, 3.63) is 114 Å². The van der Waals surface area contributed by atoms with Crippen LogP contribution in [0.5, 0.6) is 11.5 Å². The van der Waals surface area contributed by atoms with E-state index >= 15 is 0 Å². The van der Waals surface area contributed by atoms with Gasteiger partial charge in [-0.15, -0.1) is 0 Å². The summed E-state index contributed by atoms with van der Waals surface area (Å²) in [6.07, 6.45) is 14.7. The number of carbonyl (C=O) groups is 1. The van der Waals surface area contributed by atoms with Crippen LogP contribution in [0.4, 0.5) is 17.1 Å². The molecule has 47 heavy (non-hydrogen) atoms. The number of unbranched alkanes of at least 4 members (excludes halogenated alkanes) is 2. The van der Waals surface area contributed by atoms with Gasteiger partial charge in [-0.25, -0.2) is 0 Å². The Morgan fingerprint density at radius 3 is 1.26 bits per heavy atom. The van der Waals surface area contributed by atoms with Crippen LogP contribution >= 0.6 is 0 Å². The number of ether oxygens (including phenoxy) is 2. The molecule has 4 aromatic rings. The van der Waals surface area contributed by atoms with Crippen LogP contribution in [0.15, 0.2) is 97.1 Å². The predicted octanol–water partition coefficient (Wildman–Crippen LogP) is 12.3. The molecule has 0 saturated carbocycles. The van der Waals surface area contributed by atoms with Crippen LogP contribution in [-0.4, -0.2) is 19.5 Å². The molecule has 2 unspecified atom stereocenters. The van der Waals surface area contributed by atoms with Crippen molar-refractivity contribution in [3.8, 4) is 11.5 Å². The van der Waals surface area contributed by atoms with E-state index in [1.54, 1.807) is 0 Å². The fourth-order valence-electron chi connectivity index (χ4n) is 5.67. The second-order valence-corrected chi connectivity index (χ2v) is 12.5. The molecule has 0 heterocycles. The van der Waals surface area contributed by atoms with Gasteiger partial charge in [-0.2, -0.15) is 0 Å². The molecular formula is C43H53NO3. The molecule has 248 valence electrons. The minimum Gasteiger partial charge on any atom is -0.493 e. The molecule has 0 aliphatic heterocycles. The van der Waals surface area contributed by atoms with Crippen LogP contribution in [0.1, 0.15) is 101 Å². The maximum Gasteiger partial charge on any atom is 0.150 e. The Morgan fingerprint density at radius 2 is 0.894 bits per heavy atom. The molecule has 2 atom stereocenters. The van der Waals surface area contributed by atoms with Crippen molar-refractivity contribution in [2.24, 2.45) is 11.8 Å². The average molecular weight is 632 g/mol. The van der Waals surface area contributed by atoms with Crippen molar-refractivity contribution in [2.75, 3.05) is 18.1 Å². The van der Waals surface area contributed by atoms with Gasteiger partial charge < -0.3 is 14.4 Å². The molecule has 4 heteroatoms. The summed E-state index contributed by atoms with van der Waals surface area (Å²) < 4.78 is 12.5. The number of carbonyl (C=O) groups excluding carboxylic acids is 1. The molecule has 4 rings (SSSR count). The monoisotopic (exact) mass is 631 g/mol. The number of nitrogens with zero attached hydrogens (tertiary/aromatic N) is 1. The van der Waals surface area contributed by atoms with Crippen LogP contribution in [0.3, 0.4) is 0 Å². The van der Waals surface area contributed by atoms with Crippen molar-refractivity contribution in [3.63, 3.8) is 0 Å². The molecule has 0 fully saturated rings. The first-order valence-corrected chi connectivity index (χ1v) is 17.7. The number of hydrogen-bond acceptors (Lipinski definition) is 4. The van der Waals surface area contributed by atoms with Gasteiger partial charge in [-0.05, 0) is 96.5 Å². The quantitative estimate of drug-likeness (QED) is 0.0718. The Labute approximate surface area is 283 Å². The van der Waals surface area contributed by atoms with E-state index in [1.165, 1.54) is 38.5 Å². The largest absolute Gasteiger partial charge is 0.493 e. The SMILES string of the molecule is CCCCC(CC)COc1ccc(N(c2ccc(C=Cc3ccc(C=O)cc3)cc2)c2ccc(OCC(CC)CCCC)cc2)cc1. The number of hydrogen-bond donors (Lipinski definition) is 0. The lowest BCUT2D eigenvalue weighted by molar-refractivity contribution is 0.112. The average Bonchev–Trinajstić information content (AvgIpc) is 3.13. The van der Waals surface area contributed by atoms with Gasteiger partial charge in [-0.1, -0.05) is 115 Å². The van der Waals surface area contributed by atoms with Crippen molar-refractivity contribution < 1.29 is 14.3 Å². The van der Waals surface area contributed by atoms with Gasteiger partial charge in [-0.3, -0.25) is 4.79 Å². The fourth-order valence-corrected chi connectivity index (χ4v) is 5.67. The van der Waals surface area contributed by atoms with E-state index in [4.69, 9.17) is 9.47 Å². The fraction of sp³-hybridized carbons (Fsp3) is 0.372. The van der Waals surface area contributed by atoms with E-state index in [0.717, 1.165) is 72.0 Å². The molecular weight excluding hydrogens is 578 g/mol. The normalized spacial score (nSPS) is 12.5. The summed E-state index contributed by atoms with van der Waals surface area (Å²) in [6.45, 7) is 10.5.